The number of benzene rings is 2. The van der Waals surface area contributed by atoms with Crippen molar-refractivity contribution in [1.29, 1.82) is 0 Å². The van der Waals surface area contributed by atoms with Crippen LogP contribution in [0.5, 0.6) is 0 Å². The maximum absolute atomic E-state index is 11.8. The molecule has 7 heteroatoms. The highest BCUT2D eigenvalue weighted by Gasteiger charge is 2.16. The Balaban J connectivity index is 1.44. The number of rotatable bonds is 8. The van der Waals surface area contributed by atoms with Crippen molar-refractivity contribution in [3.05, 3.63) is 82.3 Å². The number of likely N-dealkylation sites (tertiary alicyclic amines) is 1. The van der Waals surface area contributed by atoms with Gasteiger partial charge in [0, 0.05) is 25.2 Å². The van der Waals surface area contributed by atoms with Gasteiger partial charge in [-0.25, -0.2) is 14.8 Å². The van der Waals surface area contributed by atoms with Crippen LogP contribution in [0.4, 0.5) is 4.79 Å². The first-order valence-corrected chi connectivity index (χ1v) is 13.5. The van der Waals surface area contributed by atoms with E-state index < -0.39 is 6.09 Å². The van der Waals surface area contributed by atoms with Crippen LogP contribution in [0.2, 0.25) is 0 Å². The summed E-state index contributed by atoms with van der Waals surface area (Å²) in [6.45, 7) is 10.7. The quantitative estimate of drug-likeness (QED) is 0.325. The Labute approximate surface area is 224 Å². The third-order valence-electron chi connectivity index (χ3n) is 7.41. The van der Waals surface area contributed by atoms with Gasteiger partial charge in [0.15, 0.2) is 5.65 Å². The summed E-state index contributed by atoms with van der Waals surface area (Å²) in [5.41, 5.74) is 9.95. The van der Waals surface area contributed by atoms with Crippen molar-refractivity contribution in [2.75, 3.05) is 20.2 Å². The molecule has 1 saturated heterocycles. The standard InChI is InChI=1S/C31H37N5O2/c1-5-28-34-29-21(2)16-22(3)33-30(29)36(28)20-23-8-11-25(12-9-23)27-17-24(19-35-14-6-7-15-35)10-13-26(27)18-32-31(37)38-4/h8-13,16-17H,5-7,14-15,18-20H2,1-4H3,(H,32,37). The van der Waals surface area contributed by atoms with E-state index in [0.717, 1.165) is 72.0 Å². The number of nitrogens with one attached hydrogen (secondary N) is 1. The van der Waals surface area contributed by atoms with Crippen LogP contribution in [0.15, 0.2) is 48.5 Å². The van der Waals surface area contributed by atoms with Crippen molar-refractivity contribution in [3.63, 3.8) is 0 Å². The molecule has 7 nitrogen and oxygen atoms in total. The zero-order valence-electron chi connectivity index (χ0n) is 22.9. The average molecular weight is 512 g/mol. The van der Waals surface area contributed by atoms with E-state index >= 15 is 0 Å². The fourth-order valence-corrected chi connectivity index (χ4v) is 5.44. The molecule has 0 radical (unpaired) electrons. The minimum absolute atomic E-state index is 0.416. The molecular formula is C31H37N5O2. The van der Waals surface area contributed by atoms with Gasteiger partial charge in [-0.15, -0.1) is 0 Å². The van der Waals surface area contributed by atoms with Crippen molar-refractivity contribution in [1.82, 2.24) is 24.8 Å². The number of pyridine rings is 1. The Morgan fingerprint density at radius 3 is 2.42 bits per heavy atom. The van der Waals surface area contributed by atoms with Gasteiger partial charge in [-0.3, -0.25) is 4.90 Å². The second kappa shape index (κ2) is 11.4. The highest BCUT2D eigenvalue weighted by atomic mass is 16.5. The number of hydrogen-bond donors (Lipinski definition) is 1. The van der Waals surface area contributed by atoms with Crippen LogP contribution in [-0.4, -0.2) is 45.7 Å². The summed E-state index contributed by atoms with van der Waals surface area (Å²) < 4.78 is 7.03. The zero-order valence-corrected chi connectivity index (χ0v) is 22.9. The molecule has 0 aliphatic carbocycles. The summed E-state index contributed by atoms with van der Waals surface area (Å²) in [7, 11) is 1.39. The van der Waals surface area contributed by atoms with E-state index in [2.05, 4.69) is 77.2 Å². The smallest absolute Gasteiger partial charge is 0.407 e. The lowest BCUT2D eigenvalue weighted by Gasteiger charge is -2.18. The molecule has 38 heavy (non-hydrogen) atoms. The van der Waals surface area contributed by atoms with Gasteiger partial charge in [-0.05, 0) is 85.3 Å². The third-order valence-corrected chi connectivity index (χ3v) is 7.41. The molecule has 0 spiro atoms. The first kappa shape index (κ1) is 25.9. The molecule has 3 heterocycles. The van der Waals surface area contributed by atoms with Crippen LogP contribution in [0.3, 0.4) is 0 Å². The lowest BCUT2D eigenvalue weighted by molar-refractivity contribution is 0.170. The summed E-state index contributed by atoms with van der Waals surface area (Å²) in [5.74, 6) is 1.05. The molecule has 198 valence electrons. The van der Waals surface area contributed by atoms with E-state index in [9.17, 15) is 4.79 Å². The Kier molecular flexibility index (Phi) is 7.74. The van der Waals surface area contributed by atoms with E-state index in [1.54, 1.807) is 0 Å². The number of methoxy groups -OCH3 is 1. The number of imidazole rings is 1. The predicted molar refractivity (Wildman–Crippen MR) is 151 cm³/mol. The summed E-state index contributed by atoms with van der Waals surface area (Å²) in [5, 5.41) is 2.84. The zero-order chi connectivity index (χ0) is 26.6. The Morgan fingerprint density at radius 1 is 0.974 bits per heavy atom. The normalized spacial score (nSPS) is 13.8. The first-order valence-electron chi connectivity index (χ1n) is 13.5. The van der Waals surface area contributed by atoms with Crippen molar-refractivity contribution < 1.29 is 9.53 Å². The molecule has 1 aliphatic rings. The van der Waals surface area contributed by atoms with Gasteiger partial charge in [0.05, 0.1) is 13.7 Å². The molecule has 2 aromatic heterocycles. The number of carbonyl (C=O) groups excluding carboxylic acids is 1. The fourth-order valence-electron chi connectivity index (χ4n) is 5.44. The largest absolute Gasteiger partial charge is 0.453 e. The van der Waals surface area contributed by atoms with Crippen LogP contribution >= 0.6 is 0 Å². The van der Waals surface area contributed by atoms with E-state index in [4.69, 9.17) is 14.7 Å². The molecule has 5 rings (SSSR count). The number of amides is 1. The van der Waals surface area contributed by atoms with Crippen LogP contribution in [0, 0.1) is 13.8 Å². The minimum Gasteiger partial charge on any atom is -0.453 e. The summed E-state index contributed by atoms with van der Waals surface area (Å²) in [4.78, 5) is 24.0. The van der Waals surface area contributed by atoms with Crippen molar-refractivity contribution in [2.45, 2.75) is 59.7 Å². The number of carbonyl (C=O) groups is 1. The molecular weight excluding hydrogens is 474 g/mol. The van der Waals surface area contributed by atoms with Gasteiger partial charge in [-0.2, -0.15) is 0 Å². The highest BCUT2D eigenvalue weighted by molar-refractivity contribution is 5.76. The van der Waals surface area contributed by atoms with Crippen molar-refractivity contribution >= 4 is 17.3 Å². The molecule has 4 aromatic rings. The van der Waals surface area contributed by atoms with Crippen molar-refractivity contribution in [2.24, 2.45) is 0 Å². The summed E-state index contributed by atoms with van der Waals surface area (Å²) in [6, 6.07) is 17.4. The lowest BCUT2D eigenvalue weighted by atomic mass is 9.96. The monoisotopic (exact) mass is 511 g/mol. The molecule has 1 fully saturated rings. The Bertz CT molecular complexity index is 1440. The summed E-state index contributed by atoms with van der Waals surface area (Å²) in [6.07, 6.45) is 2.98. The lowest BCUT2D eigenvalue weighted by Crippen LogP contribution is -2.23. The number of alkyl carbamates (subject to hydrolysis) is 1. The summed E-state index contributed by atoms with van der Waals surface area (Å²) >= 11 is 0. The van der Waals surface area contributed by atoms with Crippen LogP contribution in [-0.2, 0) is 30.8 Å². The van der Waals surface area contributed by atoms with Gasteiger partial charge in [0.25, 0.3) is 0 Å². The highest BCUT2D eigenvalue weighted by Crippen LogP contribution is 2.28. The Morgan fingerprint density at radius 2 is 1.71 bits per heavy atom. The molecule has 1 amide bonds. The predicted octanol–water partition coefficient (Wildman–Crippen LogP) is 5.78. The van der Waals surface area contributed by atoms with Gasteiger partial charge in [0.2, 0.25) is 0 Å². The molecule has 0 unspecified atom stereocenters. The second-order valence-electron chi connectivity index (χ2n) is 10.2. The van der Waals surface area contributed by atoms with Crippen LogP contribution in [0.25, 0.3) is 22.3 Å². The molecule has 0 atom stereocenters. The Hall–Kier alpha value is -3.71. The first-order chi connectivity index (χ1) is 18.4. The number of aromatic nitrogens is 3. The number of aryl methyl sites for hydroxylation is 3. The SMILES string of the molecule is CCc1nc2c(C)cc(C)nc2n1Cc1ccc(-c2cc(CN3CCCC3)ccc2CNC(=O)OC)cc1. The van der Waals surface area contributed by atoms with E-state index in [1.807, 2.05) is 6.92 Å². The second-order valence-corrected chi connectivity index (χ2v) is 10.2. The van der Waals surface area contributed by atoms with Crippen LogP contribution in [0.1, 0.15) is 53.5 Å². The topological polar surface area (TPSA) is 72.3 Å². The van der Waals surface area contributed by atoms with Gasteiger partial charge < -0.3 is 14.6 Å². The number of fused-ring (bicyclic) bond motifs is 1. The molecule has 2 aromatic carbocycles. The van der Waals surface area contributed by atoms with E-state index in [-0.39, 0.29) is 0 Å². The maximum atomic E-state index is 11.8. The fraction of sp³-hybridized carbons (Fsp3) is 0.387. The van der Waals surface area contributed by atoms with E-state index in [0.29, 0.717) is 6.54 Å². The van der Waals surface area contributed by atoms with Gasteiger partial charge >= 0.3 is 6.09 Å². The minimum atomic E-state index is -0.425. The molecule has 1 N–H and O–H groups in total. The average Bonchev–Trinajstić information content (AvgIpc) is 3.56. The third kappa shape index (κ3) is 5.58. The van der Waals surface area contributed by atoms with E-state index in [1.165, 1.54) is 36.6 Å². The molecule has 0 saturated carbocycles. The molecule has 0 bridgehead atoms. The van der Waals surface area contributed by atoms with Gasteiger partial charge in [0.1, 0.15) is 11.3 Å². The molecule has 1 aliphatic heterocycles. The number of nitrogens with zero attached hydrogens (tertiary/aromatic N) is 4. The van der Waals surface area contributed by atoms with Gasteiger partial charge in [-0.1, -0.05) is 43.3 Å². The van der Waals surface area contributed by atoms with Crippen LogP contribution < -0.4 is 5.32 Å². The maximum Gasteiger partial charge on any atom is 0.407 e. The number of ether oxygens (including phenoxy) is 1. The van der Waals surface area contributed by atoms with Crippen molar-refractivity contribution in [3.8, 4) is 11.1 Å². The number of hydrogen-bond acceptors (Lipinski definition) is 5.